The molecule has 0 saturated heterocycles. The lowest BCUT2D eigenvalue weighted by molar-refractivity contribution is 0.194. The van der Waals surface area contributed by atoms with E-state index >= 15 is 0 Å². The van der Waals surface area contributed by atoms with E-state index in [1.165, 1.54) is 0 Å². The highest BCUT2D eigenvalue weighted by molar-refractivity contribution is 6.30. The van der Waals surface area contributed by atoms with E-state index in [1.807, 2.05) is 36.4 Å². The molecule has 1 aliphatic heterocycles. The molecule has 2 N–H and O–H groups in total. The van der Waals surface area contributed by atoms with E-state index in [1.54, 1.807) is 6.07 Å². The van der Waals surface area contributed by atoms with Crippen molar-refractivity contribution in [1.29, 1.82) is 0 Å². The first kappa shape index (κ1) is 21.7. The van der Waals surface area contributed by atoms with E-state index in [0.717, 1.165) is 16.7 Å². The van der Waals surface area contributed by atoms with Crippen molar-refractivity contribution < 1.29 is 14.6 Å². The molecule has 0 spiro atoms. The molecule has 8 nitrogen and oxygen atoms in total. The van der Waals surface area contributed by atoms with E-state index < -0.39 is 11.8 Å². The second-order valence-electron chi connectivity index (χ2n) is 7.49. The zero-order valence-corrected chi connectivity index (χ0v) is 17.6. The Morgan fingerprint density at radius 2 is 1.93 bits per heavy atom. The number of carbonyl (C=O) groups is 1. The van der Waals surface area contributed by atoms with Gasteiger partial charge in [-0.3, -0.25) is 0 Å². The lowest BCUT2D eigenvalue weighted by Crippen LogP contribution is -2.21. The zero-order valence-electron chi connectivity index (χ0n) is 16.9. The summed E-state index contributed by atoms with van der Waals surface area (Å²) < 4.78 is 5.96. The molecule has 1 amide bonds. The fourth-order valence-corrected chi connectivity index (χ4v) is 3.57. The van der Waals surface area contributed by atoms with Crippen molar-refractivity contribution in [2.75, 3.05) is 6.61 Å². The van der Waals surface area contributed by atoms with Crippen LogP contribution < -0.4 is 10.1 Å². The van der Waals surface area contributed by atoms with E-state index in [2.05, 4.69) is 39.8 Å². The third kappa shape index (κ3) is 5.54. The van der Waals surface area contributed by atoms with Gasteiger partial charge >= 0.3 is 6.09 Å². The van der Waals surface area contributed by atoms with Crippen LogP contribution in [0, 0.1) is 5.92 Å². The number of amides is 1. The first-order valence-corrected chi connectivity index (χ1v) is 10.1. The molecule has 3 rings (SSSR count). The number of nitrogens with one attached hydrogen (secondary N) is 1. The number of benzene rings is 2. The van der Waals surface area contributed by atoms with Crippen LogP contribution in [0.3, 0.4) is 0 Å². The van der Waals surface area contributed by atoms with Gasteiger partial charge in [-0.05, 0) is 51.8 Å². The molecule has 1 aliphatic rings. The van der Waals surface area contributed by atoms with Gasteiger partial charge in [0.1, 0.15) is 5.75 Å². The minimum absolute atomic E-state index is 0.213. The smallest absolute Gasteiger partial charge is 0.404 e. The Bertz CT molecular complexity index is 949. The molecular formula is C21H24ClN5O3. The van der Waals surface area contributed by atoms with Crippen LogP contribution in [0.5, 0.6) is 5.75 Å². The highest BCUT2D eigenvalue weighted by Crippen LogP contribution is 2.39. The molecule has 0 aromatic heterocycles. The van der Waals surface area contributed by atoms with Crippen LogP contribution in [-0.2, 0) is 18.6 Å². The summed E-state index contributed by atoms with van der Waals surface area (Å²) in [6.07, 6.45) is 0.213. The summed E-state index contributed by atoms with van der Waals surface area (Å²) in [7, 11) is 0. The SMILES string of the molecule is CC(C)CC1(c2cccc(OCCc3cc(Cl)ccc3CNC(=O)O)c2)N=NN=N1. The fraction of sp³-hybridized carbons (Fsp3) is 0.381. The molecule has 0 atom stereocenters. The third-order valence-corrected chi connectivity index (χ3v) is 4.92. The number of halogens is 1. The maximum Gasteiger partial charge on any atom is 0.404 e. The lowest BCUT2D eigenvalue weighted by atomic mass is 9.91. The van der Waals surface area contributed by atoms with E-state index in [9.17, 15) is 4.79 Å². The Hall–Kier alpha value is -3.00. The normalized spacial score (nSPS) is 14.3. The van der Waals surface area contributed by atoms with Gasteiger partial charge in [-0.15, -0.1) is 10.2 Å². The van der Waals surface area contributed by atoms with Crippen molar-refractivity contribution >= 4 is 17.7 Å². The summed E-state index contributed by atoms with van der Waals surface area (Å²) in [6, 6.07) is 13.0. The van der Waals surface area contributed by atoms with Crippen molar-refractivity contribution in [3.05, 3.63) is 64.2 Å². The highest BCUT2D eigenvalue weighted by atomic mass is 35.5. The monoisotopic (exact) mass is 429 g/mol. The molecular weight excluding hydrogens is 406 g/mol. The summed E-state index contributed by atoms with van der Waals surface area (Å²) in [5.41, 5.74) is 1.88. The van der Waals surface area contributed by atoms with Crippen molar-refractivity contribution in [3.8, 4) is 5.75 Å². The molecule has 9 heteroatoms. The topological polar surface area (TPSA) is 108 Å². The molecule has 30 heavy (non-hydrogen) atoms. The Morgan fingerprint density at radius 3 is 2.63 bits per heavy atom. The third-order valence-electron chi connectivity index (χ3n) is 4.69. The number of nitrogens with zero attached hydrogens (tertiary/aromatic N) is 4. The summed E-state index contributed by atoms with van der Waals surface area (Å²) in [4.78, 5) is 10.8. The van der Waals surface area contributed by atoms with Gasteiger partial charge in [0.15, 0.2) is 0 Å². The molecule has 0 bridgehead atoms. The molecule has 158 valence electrons. The molecule has 2 aromatic rings. The van der Waals surface area contributed by atoms with Gasteiger partial charge in [-0.1, -0.05) is 43.6 Å². The Labute approximate surface area is 180 Å². The van der Waals surface area contributed by atoms with Crippen molar-refractivity contribution in [2.24, 2.45) is 26.6 Å². The predicted octanol–water partition coefficient (Wildman–Crippen LogP) is 5.76. The molecule has 0 fully saturated rings. The molecule has 0 saturated carbocycles. The highest BCUT2D eigenvalue weighted by Gasteiger charge is 2.36. The summed E-state index contributed by atoms with van der Waals surface area (Å²) >= 11 is 6.11. The second kappa shape index (κ2) is 9.67. The first-order valence-electron chi connectivity index (χ1n) is 9.69. The van der Waals surface area contributed by atoms with E-state index in [0.29, 0.717) is 36.1 Å². The van der Waals surface area contributed by atoms with Crippen LogP contribution in [0.4, 0.5) is 4.79 Å². The van der Waals surface area contributed by atoms with Gasteiger partial charge in [0.25, 0.3) is 0 Å². The number of ether oxygens (including phenoxy) is 1. The molecule has 1 heterocycles. The summed E-state index contributed by atoms with van der Waals surface area (Å²) in [6.45, 7) is 4.83. The Balaban J connectivity index is 1.68. The van der Waals surface area contributed by atoms with Crippen molar-refractivity contribution in [1.82, 2.24) is 5.32 Å². The summed E-state index contributed by atoms with van der Waals surface area (Å²) in [5.74, 6) is 1.06. The zero-order chi connectivity index (χ0) is 21.6. The molecule has 0 radical (unpaired) electrons. The van der Waals surface area contributed by atoms with E-state index in [-0.39, 0.29) is 6.54 Å². The van der Waals surface area contributed by atoms with Gasteiger partial charge in [0, 0.05) is 30.0 Å². The molecule has 0 aliphatic carbocycles. The summed E-state index contributed by atoms with van der Waals surface area (Å²) in [5, 5.41) is 27.8. The molecule has 2 aromatic carbocycles. The second-order valence-corrected chi connectivity index (χ2v) is 7.93. The average Bonchev–Trinajstić information content (AvgIpc) is 3.16. The number of carboxylic acid groups (broad SMARTS) is 1. The molecule has 0 unspecified atom stereocenters. The quantitative estimate of drug-likeness (QED) is 0.528. The minimum atomic E-state index is -1.07. The van der Waals surface area contributed by atoms with Crippen molar-refractivity contribution in [2.45, 2.75) is 38.9 Å². The maximum absolute atomic E-state index is 10.8. The first-order chi connectivity index (χ1) is 14.4. The van der Waals surface area contributed by atoms with Crippen LogP contribution in [0.2, 0.25) is 5.02 Å². The predicted molar refractivity (Wildman–Crippen MR) is 113 cm³/mol. The van der Waals surface area contributed by atoms with Crippen LogP contribution in [-0.4, -0.2) is 17.8 Å². The number of hydrogen-bond acceptors (Lipinski definition) is 6. The van der Waals surface area contributed by atoms with Crippen LogP contribution in [0.15, 0.2) is 63.1 Å². The maximum atomic E-state index is 10.8. The minimum Gasteiger partial charge on any atom is -0.493 e. The van der Waals surface area contributed by atoms with Crippen LogP contribution in [0.25, 0.3) is 0 Å². The van der Waals surface area contributed by atoms with Crippen molar-refractivity contribution in [3.63, 3.8) is 0 Å². The standard InChI is InChI=1S/C21H24ClN5O3/c1-14(2)12-21(24-26-27-25-21)17-4-3-5-19(11-17)30-9-8-15-10-18(22)7-6-16(15)13-23-20(28)29/h3-7,10-11,14,23H,8-9,12-13H2,1-2H3,(H,28,29). The van der Waals surface area contributed by atoms with Gasteiger partial charge in [0.05, 0.1) is 6.61 Å². The largest absolute Gasteiger partial charge is 0.493 e. The Kier molecular flexibility index (Phi) is 6.99. The van der Waals surface area contributed by atoms with Crippen LogP contribution in [0.1, 0.15) is 37.0 Å². The van der Waals surface area contributed by atoms with Gasteiger partial charge in [0.2, 0.25) is 5.66 Å². The van der Waals surface area contributed by atoms with E-state index in [4.69, 9.17) is 21.4 Å². The number of hydrogen-bond donors (Lipinski definition) is 2. The lowest BCUT2D eigenvalue weighted by Gasteiger charge is -2.22. The van der Waals surface area contributed by atoms with Gasteiger partial charge in [-0.2, -0.15) is 0 Å². The van der Waals surface area contributed by atoms with Gasteiger partial charge in [-0.25, -0.2) is 4.79 Å². The average molecular weight is 430 g/mol. The Morgan fingerprint density at radius 1 is 1.17 bits per heavy atom. The fourth-order valence-electron chi connectivity index (χ4n) is 3.38. The number of rotatable bonds is 9. The van der Waals surface area contributed by atoms with Gasteiger partial charge < -0.3 is 15.2 Å². The van der Waals surface area contributed by atoms with Crippen LogP contribution >= 0.6 is 11.6 Å².